The highest BCUT2D eigenvalue weighted by atomic mass is 35.5. The van der Waals surface area contributed by atoms with Crippen LogP contribution in [0.4, 0.5) is 13.2 Å². The fraction of sp³-hybridized carbons (Fsp3) is 0.250. The van der Waals surface area contributed by atoms with Gasteiger partial charge in [0.2, 0.25) is 0 Å². The number of rotatable bonds is 2. The van der Waals surface area contributed by atoms with Gasteiger partial charge >= 0.3 is 0 Å². The maximum Gasteiger partial charge on any atom is 0.267 e. The molecule has 0 radical (unpaired) electrons. The summed E-state index contributed by atoms with van der Waals surface area (Å²) < 4.78 is 37.8. The van der Waals surface area contributed by atoms with Crippen LogP contribution in [-0.2, 0) is 5.88 Å². The van der Waals surface area contributed by atoms with E-state index in [4.69, 9.17) is 16.9 Å². The van der Waals surface area contributed by atoms with Gasteiger partial charge in [0.05, 0.1) is 17.6 Å². The lowest BCUT2D eigenvalue weighted by Crippen LogP contribution is -2.03. The standard InChI is InChI=1S/C8H4ClF3N2/c9-1-4-5(10)3-14-6(2-13)7(4)8(11)12/h3,8H,1H2. The van der Waals surface area contributed by atoms with E-state index in [1.165, 1.54) is 6.07 Å². The van der Waals surface area contributed by atoms with E-state index < -0.39 is 29.4 Å². The second kappa shape index (κ2) is 4.29. The molecule has 1 rings (SSSR count). The second-order valence-electron chi connectivity index (χ2n) is 2.39. The average molecular weight is 221 g/mol. The minimum atomic E-state index is -2.96. The molecule has 74 valence electrons. The van der Waals surface area contributed by atoms with Gasteiger partial charge < -0.3 is 0 Å². The van der Waals surface area contributed by atoms with Crippen molar-refractivity contribution in [2.75, 3.05) is 0 Å². The van der Waals surface area contributed by atoms with E-state index in [1.807, 2.05) is 0 Å². The summed E-state index contributed by atoms with van der Waals surface area (Å²) in [6.45, 7) is 0. The first-order chi connectivity index (χ1) is 6.61. The van der Waals surface area contributed by atoms with Gasteiger partial charge in [-0.2, -0.15) is 5.26 Å². The lowest BCUT2D eigenvalue weighted by Gasteiger charge is -2.07. The van der Waals surface area contributed by atoms with Gasteiger partial charge in [-0.1, -0.05) is 0 Å². The Morgan fingerprint density at radius 2 is 2.21 bits per heavy atom. The topological polar surface area (TPSA) is 36.7 Å². The molecule has 1 aromatic heterocycles. The Balaban J connectivity index is 3.46. The Hall–Kier alpha value is -1.28. The number of hydrogen-bond acceptors (Lipinski definition) is 2. The molecule has 0 spiro atoms. The van der Waals surface area contributed by atoms with Crippen LogP contribution in [0.25, 0.3) is 0 Å². The summed E-state index contributed by atoms with van der Waals surface area (Å²) in [5, 5.41) is 8.47. The molecule has 0 aliphatic heterocycles. The minimum Gasteiger partial charge on any atom is -0.242 e. The molecule has 0 N–H and O–H groups in total. The maximum atomic E-state index is 12.9. The molecule has 1 aromatic rings. The van der Waals surface area contributed by atoms with Crippen LogP contribution in [0.15, 0.2) is 6.20 Å². The third-order valence-electron chi connectivity index (χ3n) is 1.63. The van der Waals surface area contributed by atoms with Gasteiger partial charge in [-0.05, 0) is 0 Å². The molecule has 1 heterocycles. The molecule has 0 amide bonds. The van der Waals surface area contributed by atoms with Gasteiger partial charge in [0.1, 0.15) is 17.6 Å². The Morgan fingerprint density at radius 3 is 2.64 bits per heavy atom. The highest BCUT2D eigenvalue weighted by Crippen LogP contribution is 2.28. The van der Waals surface area contributed by atoms with E-state index in [1.54, 1.807) is 0 Å². The van der Waals surface area contributed by atoms with Crippen molar-refractivity contribution in [3.63, 3.8) is 0 Å². The molecular formula is C8H4ClF3N2. The smallest absolute Gasteiger partial charge is 0.242 e. The second-order valence-corrected chi connectivity index (χ2v) is 2.66. The molecule has 0 aliphatic rings. The number of pyridine rings is 1. The van der Waals surface area contributed by atoms with Crippen molar-refractivity contribution in [3.05, 3.63) is 28.8 Å². The lowest BCUT2D eigenvalue weighted by atomic mass is 10.1. The monoisotopic (exact) mass is 220 g/mol. The molecule has 2 nitrogen and oxygen atoms in total. The number of nitrogens with zero attached hydrogens (tertiary/aromatic N) is 2. The van der Waals surface area contributed by atoms with Crippen molar-refractivity contribution in [3.8, 4) is 6.07 Å². The van der Waals surface area contributed by atoms with Crippen molar-refractivity contribution in [1.82, 2.24) is 4.98 Å². The van der Waals surface area contributed by atoms with Crippen LogP contribution >= 0.6 is 11.6 Å². The van der Waals surface area contributed by atoms with E-state index in [-0.39, 0.29) is 5.56 Å². The molecule has 6 heteroatoms. The summed E-state index contributed by atoms with van der Waals surface area (Å²) in [5.41, 5.74) is -1.58. The highest BCUT2D eigenvalue weighted by molar-refractivity contribution is 6.17. The fourth-order valence-electron chi connectivity index (χ4n) is 1.00. The summed E-state index contributed by atoms with van der Waals surface area (Å²) in [7, 11) is 0. The van der Waals surface area contributed by atoms with Crippen LogP contribution in [0.1, 0.15) is 23.2 Å². The van der Waals surface area contributed by atoms with E-state index in [0.717, 1.165) is 0 Å². The van der Waals surface area contributed by atoms with E-state index in [9.17, 15) is 13.2 Å². The van der Waals surface area contributed by atoms with Crippen molar-refractivity contribution in [1.29, 1.82) is 5.26 Å². The number of alkyl halides is 3. The predicted molar refractivity (Wildman–Crippen MR) is 43.4 cm³/mol. The quantitative estimate of drug-likeness (QED) is 0.719. The summed E-state index contributed by atoms with van der Waals surface area (Å²) >= 11 is 5.30. The Bertz CT molecular complexity index is 387. The molecule has 0 fully saturated rings. The predicted octanol–water partition coefficient (Wildman–Crippen LogP) is 2.77. The van der Waals surface area contributed by atoms with E-state index in [0.29, 0.717) is 6.20 Å². The maximum absolute atomic E-state index is 12.9. The zero-order chi connectivity index (χ0) is 10.7. The van der Waals surface area contributed by atoms with Gasteiger partial charge in [-0.25, -0.2) is 18.2 Å². The molecule has 0 aliphatic carbocycles. The Morgan fingerprint density at radius 1 is 1.57 bits per heavy atom. The largest absolute Gasteiger partial charge is 0.267 e. The van der Waals surface area contributed by atoms with Crippen molar-refractivity contribution < 1.29 is 13.2 Å². The van der Waals surface area contributed by atoms with E-state index >= 15 is 0 Å². The van der Waals surface area contributed by atoms with Crippen LogP contribution in [0.5, 0.6) is 0 Å². The molecule has 0 saturated carbocycles. The number of aromatic nitrogens is 1. The molecule has 0 bridgehead atoms. The first-order valence-corrected chi connectivity index (χ1v) is 4.06. The molecule has 0 aromatic carbocycles. The summed E-state index contributed by atoms with van der Waals surface area (Å²) in [5.74, 6) is -1.34. The van der Waals surface area contributed by atoms with Gasteiger partial charge in [-0.15, -0.1) is 11.6 Å². The zero-order valence-electron chi connectivity index (χ0n) is 6.77. The summed E-state index contributed by atoms with van der Waals surface area (Å²) in [4.78, 5) is 3.25. The molecule has 0 atom stereocenters. The van der Waals surface area contributed by atoms with Crippen LogP contribution in [0.2, 0.25) is 0 Å². The molecule has 14 heavy (non-hydrogen) atoms. The van der Waals surface area contributed by atoms with Crippen LogP contribution in [0.3, 0.4) is 0 Å². The Kier molecular flexibility index (Phi) is 3.31. The molecule has 0 saturated heterocycles. The highest BCUT2D eigenvalue weighted by Gasteiger charge is 2.21. The van der Waals surface area contributed by atoms with Crippen molar-refractivity contribution >= 4 is 11.6 Å². The fourth-order valence-corrected chi connectivity index (χ4v) is 1.27. The third-order valence-corrected chi connectivity index (χ3v) is 1.90. The number of nitriles is 1. The van der Waals surface area contributed by atoms with Gasteiger partial charge in [0.25, 0.3) is 6.43 Å². The zero-order valence-corrected chi connectivity index (χ0v) is 7.52. The first kappa shape index (κ1) is 10.8. The Labute approximate surface area is 82.9 Å². The summed E-state index contributed by atoms with van der Waals surface area (Å²) in [6, 6.07) is 1.46. The van der Waals surface area contributed by atoms with Crippen LogP contribution in [0, 0.1) is 17.1 Å². The number of halogens is 4. The first-order valence-electron chi connectivity index (χ1n) is 3.53. The summed E-state index contributed by atoms with van der Waals surface area (Å²) in [6.07, 6.45) is -2.25. The van der Waals surface area contributed by atoms with E-state index in [2.05, 4.69) is 4.98 Å². The molecule has 0 unspecified atom stereocenters. The van der Waals surface area contributed by atoms with Gasteiger partial charge in [0.15, 0.2) is 0 Å². The lowest BCUT2D eigenvalue weighted by molar-refractivity contribution is 0.149. The molecular weight excluding hydrogens is 217 g/mol. The van der Waals surface area contributed by atoms with Crippen molar-refractivity contribution in [2.45, 2.75) is 12.3 Å². The third kappa shape index (κ3) is 1.80. The van der Waals surface area contributed by atoms with Gasteiger partial charge in [-0.3, -0.25) is 0 Å². The average Bonchev–Trinajstić information content (AvgIpc) is 2.17. The normalized spacial score (nSPS) is 10.3. The van der Waals surface area contributed by atoms with Crippen molar-refractivity contribution in [2.24, 2.45) is 0 Å². The number of hydrogen-bond donors (Lipinski definition) is 0. The van der Waals surface area contributed by atoms with Gasteiger partial charge in [0, 0.05) is 5.56 Å². The minimum absolute atomic E-state index is 0.367. The SMILES string of the molecule is N#Cc1ncc(F)c(CCl)c1C(F)F. The van der Waals surface area contributed by atoms with Crippen LogP contribution < -0.4 is 0 Å². The van der Waals surface area contributed by atoms with Crippen LogP contribution in [-0.4, -0.2) is 4.98 Å².